The number of nitrogens with zero attached hydrogens (tertiary/aromatic N) is 1. The zero-order valence-electron chi connectivity index (χ0n) is 12.8. The molecule has 0 spiro atoms. The molecule has 3 N–H and O–H groups in total. The number of aliphatic hydroxyl groups excluding tert-OH is 1. The molecule has 0 aromatic rings. The lowest BCUT2D eigenvalue weighted by atomic mass is 9.87. The molecule has 3 atom stereocenters. The Balaban J connectivity index is 2.55. The van der Waals surface area contributed by atoms with E-state index in [0.717, 1.165) is 19.4 Å². The maximum atomic E-state index is 12.1. The molecular weight excluding hydrogens is 240 g/mol. The molecule has 112 valence electrons. The average molecular weight is 270 g/mol. The van der Waals surface area contributed by atoms with Gasteiger partial charge in [0.25, 0.3) is 0 Å². The van der Waals surface area contributed by atoms with Crippen molar-refractivity contribution in [1.82, 2.24) is 4.90 Å². The summed E-state index contributed by atoms with van der Waals surface area (Å²) in [6, 6.07) is 0.0502. The molecule has 0 aromatic heterocycles. The van der Waals surface area contributed by atoms with Crippen LogP contribution in [0.2, 0.25) is 0 Å². The van der Waals surface area contributed by atoms with Crippen LogP contribution in [-0.2, 0) is 4.79 Å². The van der Waals surface area contributed by atoms with Crippen LogP contribution in [0.1, 0.15) is 47.0 Å². The fourth-order valence-corrected chi connectivity index (χ4v) is 2.71. The normalized spacial score (nSPS) is 26.0. The van der Waals surface area contributed by atoms with Gasteiger partial charge in [-0.15, -0.1) is 0 Å². The first-order valence-electron chi connectivity index (χ1n) is 7.51. The van der Waals surface area contributed by atoms with Crippen LogP contribution in [0.4, 0.5) is 0 Å². The van der Waals surface area contributed by atoms with Gasteiger partial charge in [-0.25, -0.2) is 0 Å². The van der Waals surface area contributed by atoms with Crippen molar-refractivity contribution in [3.63, 3.8) is 0 Å². The summed E-state index contributed by atoms with van der Waals surface area (Å²) < 4.78 is 0. The smallest absolute Gasteiger partial charge is 0.222 e. The van der Waals surface area contributed by atoms with Crippen molar-refractivity contribution in [2.75, 3.05) is 13.1 Å². The van der Waals surface area contributed by atoms with Crippen molar-refractivity contribution < 1.29 is 9.90 Å². The van der Waals surface area contributed by atoms with E-state index in [-0.39, 0.29) is 24.0 Å². The predicted octanol–water partition coefficient (Wildman–Crippen LogP) is 1.62. The largest absolute Gasteiger partial charge is 0.393 e. The lowest BCUT2D eigenvalue weighted by Crippen LogP contribution is -2.50. The van der Waals surface area contributed by atoms with Gasteiger partial charge < -0.3 is 15.7 Å². The second-order valence-corrected chi connectivity index (χ2v) is 6.81. The van der Waals surface area contributed by atoms with Gasteiger partial charge in [0.2, 0.25) is 5.91 Å². The molecule has 1 aliphatic heterocycles. The standard InChI is InChI=1S/C15H30N2O2/c1-10(2)5-15(19)17-8-12(6-13(16)9-17)7-14(18)11(3)4/h10-14,18H,5-9,16H2,1-4H3. The molecular formula is C15H30N2O2. The van der Waals surface area contributed by atoms with E-state index in [9.17, 15) is 9.90 Å². The zero-order valence-corrected chi connectivity index (χ0v) is 12.8. The molecule has 1 fully saturated rings. The SMILES string of the molecule is CC(C)CC(=O)N1CC(N)CC(CC(O)C(C)C)C1. The zero-order chi connectivity index (χ0) is 14.6. The minimum Gasteiger partial charge on any atom is -0.393 e. The summed E-state index contributed by atoms with van der Waals surface area (Å²) in [6.45, 7) is 9.58. The van der Waals surface area contributed by atoms with Crippen LogP contribution >= 0.6 is 0 Å². The van der Waals surface area contributed by atoms with E-state index < -0.39 is 0 Å². The highest BCUT2D eigenvalue weighted by atomic mass is 16.3. The number of likely N-dealkylation sites (tertiary alicyclic amines) is 1. The molecule has 4 nitrogen and oxygen atoms in total. The van der Waals surface area contributed by atoms with E-state index in [1.54, 1.807) is 0 Å². The van der Waals surface area contributed by atoms with Crippen LogP contribution in [0.25, 0.3) is 0 Å². The van der Waals surface area contributed by atoms with E-state index in [0.29, 0.717) is 24.8 Å². The maximum absolute atomic E-state index is 12.1. The molecule has 0 radical (unpaired) electrons. The Morgan fingerprint density at radius 1 is 1.32 bits per heavy atom. The lowest BCUT2D eigenvalue weighted by molar-refractivity contribution is -0.134. The fraction of sp³-hybridized carbons (Fsp3) is 0.933. The number of aliphatic hydroxyl groups is 1. The van der Waals surface area contributed by atoms with E-state index in [1.165, 1.54) is 0 Å². The van der Waals surface area contributed by atoms with Crippen molar-refractivity contribution in [3.05, 3.63) is 0 Å². The van der Waals surface area contributed by atoms with Crippen LogP contribution in [-0.4, -0.2) is 41.1 Å². The second kappa shape index (κ2) is 7.25. The minimum atomic E-state index is -0.294. The third kappa shape index (κ3) is 5.49. The number of hydrogen-bond donors (Lipinski definition) is 2. The highest BCUT2D eigenvalue weighted by Gasteiger charge is 2.30. The first-order chi connectivity index (χ1) is 8.79. The van der Waals surface area contributed by atoms with E-state index in [1.807, 2.05) is 18.7 Å². The number of rotatable bonds is 5. The van der Waals surface area contributed by atoms with Gasteiger partial charge in [0, 0.05) is 25.6 Å². The van der Waals surface area contributed by atoms with Crippen LogP contribution in [0.5, 0.6) is 0 Å². The van der Waals surface area contributed by atoms with Crippen molar-refractivity contribution in [3.8, 4) is 0 Å². The summed E-state index contributed by atoms with van der Waals surface area (Å²) >= 11 is 0. The van der Waals surface area contributed by atoms with Gasteiger partial charge in [-0.05, 0) is 30.6 Å². The first kappa shape index (κ1) is 16.4. The van der Waals surface area contributed by atoms with Gasteiger partial charge in [0.15, 0.2) is 0 Å². The van der Waals surface area contributed by atoms with Crippen molar-refractivity contribution >= 4 is 5.91 Å². The Bertz CT molecular complexity index is 292. The average Bonchev–Trinajstić information content (AvgIpc) is 2.26. The van der Waals surface area contributed by atoms with Crippen molar-refractivity contribution in [2.24, 2.45) is 23.5 Å². The monoisotopic (exact) mass is 270 g/mol. The first-order valence-corrected chi connectivity index (χ1v) is 7.51. The Morgan fingerprint density at radius 2 is 1.95 bits per heavy atom. The summed E-state index contributed by atoms with van der Waals surface area (Å²) in [5, 5.41) is 9.99. The Hall–Kier alpha value is -0.610. The Morgan fingerprint density at radius 3 is 2.47 bits per heavy atom. The van der Waals surface area contributed by atoms with E-state index in [4.69, 9.17) is 5.73 Å². The Kier molecular flexibility index (Phi) is 6.27. The highest BCUT2D eigenvalue weighted by molar-refractivity contribution is 5.76. The molecule has 0 aromatic carbocycles. The summed E-state index contributed by atoms with van der Waals surface area (Å²) in [6.07, 6.45) is 1.95. The lowest BCUT2D eigenvalue weighted by Gasteiger charge is -2.38. The minimum absolute atomic E-state index is 0.0502. The summed E-state index contributed by atoms with van der Waals surface area (Å²) in [5.74, 6) is 1.18. The molecule has 3 unspecified atom stereocenters. The molecule has 1 amide bonds. The Labute approximate surface area is 117 Å². The van der Waals surface area contributed by atoms with Crippen LogP contribution < -0.4 is 5.73 Å². The molecule has 19 heavy (non-hydrogen) atoms. The molecule has 1 aliphatic rings. The number of carbonyl (C=O) groups is 1. The second-order valence-electron chi connectivity index (χ2n) is 6.81. The summed E-state index contributed by atoms with van der Waals surface area (Å²) in [5.41, 5.74) is 6.06. The molecule has 0 aliphatic carbocycles. The molecule has 0 saturated carbocycles. The summed E-state index contributed by atoms with van der Waals surface area (Å²) in [4.78, 5) is 14.0. The van der Waals surface area contributed by atoms with Crippen molar-refractivity contribution in [1.29, 1.82) is 0 Å². The number of amides is 1. The molecule has 1 rings (SSSR count). The molecule has 0 bridgehead atoms. The topological polar surface area (TPSA) is 66.6 Å². The quantitative estimate of drug-likeness (QED) is 0.797. The molecule has 4 heteroatoms. The van der Waals surface area contributed by atoms with Crippen molar-refractivity contribution in [2.45, 2.75) is 59.1 Å². The van der Waals surface area contributed by atoms with Gasteiger partial charge in [-0.3, -0.25) is 4.79 Å². The predicted molar refractivity (Wildman–Crippen MR) is 77.6 cm³/mol. The van der Waals surface area contributed by atoms with Gasteiger partial charge >= 0.3 is 0 Å². The number of nitrogens with two attached hydrogens (primary N) is 1. The van der Waals surface area contributed by atoms with Crippen LogP contribution in [0.15, 0.2) is 0 Å². The van der Waals surface area contributed by atoms with Gasteiger partial charge in [0.05, 0.1) is 6.10 Å². The third-order valence-corrected chi connectivity index (χ3v) is 3.85. The number of carbonyl (C=O) groups excluding carboxylic acids is 1. The third-order valence-electron chi connectivity index (χ3n) is 3.85. The number of piperidine rings is 1. The van der Waals surface area contributed by atoms with Gasteiger partial charge in [-0.2, -0.15) is 0 Å². The van der Waals surface area contributed by atoms with Crippen LogP contribution in [0, 0.1) is 17.8 Å². The van der Waals surface area contributed by atoms with Gasteiger partial charge in [0.1, 0.15) is 0 Å². The van der Waals surface area contributed by atoms with Crippen LogP contribution in [0.3, 0.4) is 0 Å². The van der Waals surface area contributed by atoms with E-state index in [2.05, 4.69) is 13.8 Å². The fourth-order valence-electron chi connectivity index (χ4n) is 2.71. The molecule has 1 heterocycles. The van der Waals surface area contributed by atoms with E-state index >= 15 is 0 Å². The highest BCUT2D eigenvalue weighted by Crippen LogP contribution is 2.23. The maximum Gasteiger partial charge on any atom is 0.222 e. The summed E-state index contributed by atoms with van der Waals surface area (Å²) in [7, 11) is 0. The number of hydrogen-bond acceptors (Lipinski definition) is 3. The molecule has 1 saturated heterocycles. The van der Waals surface area contributed by atoms with Gasteiger partial charge in [-0.1, -0.05) is 27.7 Å².